The highest BCUT2D eigenvalue weighted by molar-refractivity contribution is 5.73. The molecule has 65 heavy (non-hydrogen) atoms. The molecule has 0 amide bonds. The topological polar surface area (TPSA) is 295 Å². The van der Waals surface area contributed by atoms with E-state index in [2.05, 4.69) is 47.6 Å². The van der Waals surface area contributed by atoms with Gasteiger partial charge in [0.1, 0.15) is 67.1 Å². The number of rotatable bonds is 9. The van der Waals surface area contributed by atoms with Crippen molar-refractivity contribution in [3.05, 3.63) is 11.6 Å². The number of esters is 1. The van der Waals surface area contributed by atoms with Crippen molar-refractivity contribution >= 4 is 5.97 Å². The van der Waals surface area contributed by atoms with Crippen LogP contribution in [0.15, 0.2) is 11.6 Å². The highest BCUT2D eigenvalue weighted by atomic mass is 16.7. The Labute approximate surface area is 380 Å². The summed E-state index contributed by atoms with van der Waals surface area (Å²) < 4.78 is 34.9. The Morgan fingerprint density at radius 3 is 2.03 bits per heavy atom. The SMILES string of the molecule is CC1(C)C[C@@H](C(=O)O[C@H]2O[C@@H](CO[C@@H]3O[C@H](CO)[C@H](O)[C@@H](O)[C@@H]3O)[C@H](O)[C@@H](O)[C@@H]2O)[C@@H]2CC[C@@]3(C)C(=CC[C@@H]4[C@]5(C)CC[C@H](O[C@@H]6OC[C@@H](O)[C@H](O)[C@@H]6O)[C@@](C)(CO)[C@@H]5CC[C@@]43C)[C@@H]2C1. The Kier molecular flexibility index (Phi) is 13.9. The number of carbonyl (C=O) groups excluding carboxylic acids is 1. The summed E-state index contributed by atoms with van der Waals surface area (Å²) in [7, 11) is 0. The Morgan fingerprint density at radius 1 is 0.708 bits per heavy atom. The summed E-state index contributed by atoms with van der Waals surface area (Å²) in [6.45, 7) is 12.1. The third-order valence-electron chi connectivity index (χ3n) is 18.8. The summed E-state index contributed by atoms with van der Waals surface area (Å²) in [5.41, 5.74) is -0.0126. The van der Waals surface area contributed by atoms with Crippen molar-refractivity contribution in [3.8, 4) is 0 Å². The summed E-state index contributed by atoms with van der Waals surface area (Å²) in [6, 6.07) is 0. The fraction of sp³-hybridized carbons (Fsp3) is 0.936. The van der Waals surface area contributed by atoms with Gasteiger partial charge in [-0.1, -0.05) is 53.2 Å². The second-order valence-electron chi connectivity index (χ2n) is 22.8. The van der Waals surface area contributed by atoms with Crippen LogP contribution >= 0.6 is 0 Å². The lowest BCUT2D eigenvalue weighted by Gasteiger charge is -2.71. The van der Waals surface area contributed by atoms with Crippen LogP contribution in [-0.4, -0.2) is 181 Å². The molecule has 372 valence electrons. The molecular weight excluding hydrogens is 852 g/mol. The first-order valence-electron chi connectivity index (χ1n) is 23.9. The van der Waals surface area contributed by atoms with Gasteiger partial charge in [0.15, 0.2) is 12.6 Å². The Hall–Kier alpha value is -1.43. The van der Waals surface area contributed by atoms with Crippen LogP contribution in [0, 0.1) is 56.7 Å². The van der Waals surface area contributed by atoms with Gasteiger partial charge < -0.3 is 84.6 Å². The number of carbonyl (C=O) groups is 1. The van der Waals surface area contributed by atoms with Crippen molar-refractivity contribution in [1.82, 2.24) is 0 Å². The molecule has 3 aliphatic heterocycles. The van der Waals surface area contributed by atoms with Crippen LogP contribution < -0.4 is 0 Å². The monoisotopic (exact) mass is 929 g/mol. The maximum absolute atomic E-state index is 14.4. The molecule has 24 atom stereocenters. The predicted molar refractivity (Wildman–Crippen MR) is 226 cm³/mol. The minimum absolute atomic E-state index is 0.0641. The number of fused-ring (bicyclic) bond motifs is 7. The summed E-state index contributed by atoms with van der Waals surface area (Å²) >= 11 is 0. The molecule has 11 N–H and O–H groups in total. The van der Waals surface area contributed by atoms with Crippen LogP contribution in [0.1, 0.15) is 99.3 Å². The van der Waals surface area contributed by atoms with E-state index in [1.54, 1.807) is 0 Å². The highest BCUT2D eigenvalue weighted by Gasteiger charge is 2.69. The van der Waals surface area contributed by atoms with E-state index in [9.17, 15) is 61.0 Å². The number of ether oxygens (including phenoxy) is 6. The molecule has 0 bridgehead atoms. The van der Waals surface area contributed by atoms with E-state index in [0.29, 0.717) is 12.8 Å². The maximum atomic E-state index is 14.4. The first-order chi connectivity index (χ1) is 30.5. The zero-order chi connectivity index (χ0) is 47.3. The van der Waals surface area contributed by atoms with Crippen LogP contribution in [0.25, 0.3) is 0 Å². The van der Waals surface area contributed by atoms with Gasteiger partial charge >= 0.3 is 5.97 Å². The molecule has 0 unspecified atom stereocenters. The van der Waals surface area contributed by atoms with Gasteiger partial charge in [0, 0.05) is 5.41 Å². The molecule has 18 heteroatoms. The molecular formula is C47H76O18. The normalized spacial score (nSPS) is 54.3. The molecule has 0 aromatic rings. The highest BCUT2D eigenvalue weighted by Crippen LogP contribution is 2.75. The van der Waals surface area contributed by atoms with Crippen molar-refractivity contribution in [3.63, 3.8) is 0 Å². The van der Waals surface area contributed by atoms with E-state index in [4.69, 9.17) is 28.4 Å². The van der Waals surface area contributed by atoms with Gasteiger partial charge in [-0.3, -0.25) is 4.79 Å². The third kappa shape index (κ3) is 8.18. The molecule has 8 rings (SSSR count). The number of aliphatic hydroxyl groups is 11. The Bertz CT molecular complexity index is 1750. The average molecular weight is 929 g/mol. The Morgan fingerprint density at radius 2 is 1.35 bits per heavy atom. The summed E-state index contributed by atoms with van der Waals surface area (Å²) in [4.78, 5) is 14.4. The molecule has 4 saturated carbocycles. The number of allylic oxidation sites excluding steroid dienone is 2. The fourth-order valence-electron chi connectivity index (χ4n) is 14.9. The molecule has 3 saturated heterocycles. The number of aliphatic hydroxyl groups excluding tert-OH is 11. The second-order valence-corrected chi connectivity index (χ2v) is 22.8. The largest absolute Gasteiger partial charge is 0.432 e. The summed E-state index contributed by atoms with van der Waals surface area (Å²) in [5, 5.41) is 115. The average Bonchev–Trinajstić information content (AvgIpc) is 3.26. The van der Waals surface area contributed by atoms with Crippen molar-refractivity contribution in [1.29, 1.82) is 0 Å². The first-order valence-corrected chi connectivity index (χ1v) is 23.9. The van der Waals surface area contributed by atoms with E-state index in [1.807, 2.05) is 0 Å². The van der Waals surface area contributed by atoms with E-state index in [0.717, 1.165) is 44.9 Å². The van der Waals surface area contributed by atoms with Gasteiger partial charge in [-0.05, 0) is 103 Å². The van der Waals surface area contributed by atoms with Gasteiger partial charge in [0.2, 0.25) is 6.29 Å². The van der Waals surface area contributed by atoms with E-state index in [1.165, 1.54) is 5.57 Å². The molecule has 18 nitrogen and oxygen atoms in total. The summed E-state index contributed by atoms with van der Waals surface area (Å²) in [5.74, 6) is -0.762. The quantitative estimate of drug-likeness (QED) is 0.0797. The second kappa shape index (κ2) is 18.1. The minimum Gasteiger partial charge on any atom is -0.432 e. The molecule has 0 radical (unpaired) electrons. The van der Waals surface area contributed by atoms with E-state index < -0.39 is 123 Å². The van der Waals surface area contributed by atoms with Gasteiger partial charge in [0.05, 0.1) is 38.4 Å². The van der Waals surface area contributed by atoms with Crippen LogP contribution in [0.5, 0.6) is 0 Å². The van der Waals surface area contributed by atoms with Gasteiger partial charge in [-0.2, -0.15) is 0 Å². The summed E-state index contributed by atoms with van der Waals surface area (Å²) in [6.07, 6.45) is -12.2. The minimum atomic E-state index is -1.80. The van der Waals surface area contributed by atoms with Gasteiger partial charge in [-0.15, -0.1) is 0 Å². The van der Waals surface area contributed by atoms with E-state index in [-0.39, 0.29) is 58.5 Å². The molecule has 0 aromatic heterocycles. The van der Waals surface area contributed by atoms with Crippen LogP contribution in [0.4, 0.5) is 0 Å². The lowest BCUT2D eigenvalue weighted by atomic mass is 9.34. The zero-order valence-corrected chi connectivity index (χ0v) is 38.6. The van der Waals surface area contributed by atoms with E-state index >= 15 is 0 Å². The van der Waals surface area contributed by atoms with Crippen LogP contribution in [-0.2, 0) is 33.2 Å². The standard InChI is InChI=1S/C47H76O18/c1-43(2)15-22-21(23(16-43)39(59)65-42-38(58)35(55)33(53)27(63-42)19-61-40-37(57)34(54)32(52)26(17-48)62-40)9-13-46(5)24(22)7-8-29-44(3)12-11-30(64-41-36(56)31(51)25(50)18-60-41)45(4,20-49)28(44)10-14-47(29,46)6/h7,21-23,25-38,40-42,48-58H,8-20H2,1-6H3/t21-,22-,23-,25-,26-,27+,28-,29-,30+,31+,32+,33+,34-,35-,36+,37+,38+,40-,41+,42-,44-,45+,46+,47+/m1/s1. The number of hydrogen-bond donors (Lipinski definition) is 11. The third-order valence-corrected chi connectivity index (χ3v) is 18.8. The predicted octanol–water partition coefficient (Wildman–Crippen LogP) is -0.392. The smallest absolute Gasteiger partial charge is 0.311 e. The van der Waals surface area contributed by atoms with Gasteiger partial charge in [-0.25, -0.2) is 0 Å². The van der Waals surface area contributed by atoms with Crippen molar-refractivity contribution in [2.24, 2.45) is 56.7 Å². The molecule has 5 aliphatic carbocycles. The van der Waals surface area contributed by atoms with Crippen molar-refractivity contribution in [2.45, 2.75) is 191 Å². The molecule has 8 aliphatic rings. The zero-order valence-electron chi connectivity index (χ0n) is 38.6. The van der Waals surface area contributed by atoms with Crippen molar-refractivity contribution < 1.29 is 89.4 Å². The maximum Gasteiger partial charge on any atom is 0.311 e. The lowest BCUT2D eigenvalue weighted by molar-refractivity contribution is -0.327. The number of hydrogen-bond acceptors (Lipinski definition) is 18. The molecule has 3 heterocycles. The van der Waals surface area contributed by atoms with Crippen molar-refractivity contribution in [2.75, 3.05) is 26.4 Å². The Balaban J connectivity index is 0.980. The first kappa shape index (κ1) is 50.0. The molecule has 0 aromatic carbocycles. The molecule has 0 spiro atoms. The molecule has 7 fully saturated rings. The van der Waals surface area contributed by atoms with Gasteiger partial charge in [0.25, 0.3) is 0 Å². The lowest BCUT2D eigenvalue weighted by Crippen LogP contribution is -2.66. The van der Waals surface area contributed by atoms with Crippen LogP contribution in [0.3, 0.4) is 0 Å². The van der Waals surface area contributed by atoms with Crippen LogP contribution in [0.2, 0.25) is 0 Å². The fourth-order valence-corrected chi connectivity index (χ4v) is 14.9.